The number of rotatable bonds is 3. The molecule has 0 radical (unpaired) electrons. The van der Waals surface area contributed by atoms with E-state index in [1.54, 1.807) is 0 Å². The Morgan fingerprint density at radius 2 is 2.00 bits per heavy atom. The van der Waals surface area contributed by atoms with Gasteiger partial charge in [-0.1, -0.05) is 0 Å². The fourth-order valence-electron chi connectivity index (χ4n) is 3.76. The van der Waals surface area contributed by atoms with Gasteiger partial charge in [0.15, 0.2) is 0 Å². The molecule has 3 saturated carbocycles. The van der Waals surface area contributed by atoms with Crippen molar-refractivity contribution in [1.29, 1.82) is 0 Å². The zero-order chi connectivity index (χ0) is 13.8. The largest absolute Gasteiger partial charge is 0.468 e. The summed E-state index contributed by atoms with van der Waals surface area (Å²) < 4.78 is 31.6. The van der Waals surface area contributed by atoms with Gasteiger partial charge < -0.3 is 10.5 Å². The van der Waals surface area contributed by atoms with E-state index in [1.165, 1.54) is 13.2 Å². The molecule has 4 rings (SSSR count). The van der Waals surface area contributed by atoms with Crippen LogP contribution in [0.2, 0.25) is 0 Å². The maximum atomic E-state index is 13.8. The van der Waals surface area contributed by atoms with Crippen LogP contribution in [-0.4, -0.2) is 19.1 Å². The predicted octanol–water partition coefficient (Wildman–Crippen LogP) is 1.89. The van der Waals surface area contributed by atoms with E-state index < -0.39 is 17.8 Å². The van der Waals surface area contributed by atoms with Gasteiger partial charge >= 0.3 is 5.97 Å². The van der Waals surface area contributed by atoms with Gasteiger partial charge in [-0.2, -0.15) is 0 Å². The molecule has 2 bridgehead atoms. The summed E-state index contributed by atoms with van der Waals surface area (Å²) in [6.07, 6.45) is 1.87. The highest BCUT2D eigenvalue weighted by Crippen LogP contribution is 2.74. The predicted molar refractivity (Wildman–Crippen MR) is 64.3 cm³/mol. The van der Waals surface area contributed by atoms with Gasteiger partial charge in [0.1, 0.15) is 17.7 Å². The normalized spacial score (nSPS) is 33.1. The minimum Gasteiger partial charge on any atom is -0.468 e. The van der Waals surface area contributed by atoms with Crippen molar-refractivity contribution in [3.05, 3.63) is 35.4 Å². The molecule has 3 nitrogen and oxygen atoms in total. The van der Waals surface area contributed by atoms with E-state index in [-0.39, 0.29) is 16.6 Å². The van der Waals surface area contributed by atoms with E-state index in [0.29, 0.717) is 24.8 Å². The van der Waals surface area contributed by atoms with Crippen molar-refractivity contribution in [3.8, 4) is 0 Å². The molecule has 0 saturated heterocycles. The number of nitrogens with two attached hydrogens (primary N) is 1. The molecular weight excluding hydrogens is 252 g/mol. The van der Waals surface area contributed by atoms with Crippen molar-refractivity contribution in [2.24, 2.45) is 11.1 Å². The van der Waals surface area contributed by atoms with E-state index in [9.17, 15) is 13.6 Å². The van der Waals surface area contributed by atoms with Crippen LogP contribution in [0.1, 0.15) is 24.8 Å². The number of carbonyl (C=O) groups excluding carboxylic acids is 1. The van der Waals surface area contributed by atoms with Crippen LogP contribution in [0.25, 0.3) is 0 Å². The highest BCUT2D eigenvalue weighted by atomic mass is 19.1. The molecule has 1 aromatic rings. The smallest absolute Gasteiger partial charge is 0.323 e. The van der Waals surface area contributed by atoms with Crippen molar-refractivity contribution in [2.75, 3.05) is 7.11 Å². The zero-order valence-corrected chi connectivity index (χ0v) is 10.6. The molecule has 3 aliphatic carbocycles. The third-order valence-electron chi connectivity index (χ3n) is 4.69. The average molecular weight is 267 g/mol. The van der Waals surface area contributed by atoms with Crippen LogP contribution in [0.4, 0.5) is 8.78 Å². The van der Waals surface area contributed by atoms with E-state index in [0.717, 1.165) is 12.1 Å². The molecule has 1 atom stereocenters. The Bertz CT molecular complexity index is 539. The molecule has 0 aromatic heterocycles. The molecule has 19 heavy (non-hydrogen) atoms. The quantitative estimate of drug-likeness (QED) is 0.851. The fourth-order valence-corrected chi connectivity index (χ4v) is 3.76. The number of esters is 1. The molecule has 0 spiro atoms. The molecule has 0 heterocycles. The Hall–Kier alpha value is -1.49. The Morgan fingerprint density at radius 3 is 2.58 bits per heavy atom. The van der Waals surface area contributed by atoms with Crippen LogP contribution < -0.4 is 5.73 Å². The van der Waals surface area contributed by atoms with Gasteiger partial charge in [-0.3, -0.25) is 4.79 Å². The Kier molecular flexibility index (Phi) is 2.48. The number of ether oxygens (including phenoxy) is 1. The number of carbonyl (C=O) groups is 1. The van der Waals surface area contributed by atoms with Crippen LogP contribution in [-0.2, 0) is 14.9 Å². The first-order valence-corrected chi connectivity index (χ1v) is 6.21. The summed E-state index contributed by atoms with van der Waals surface area (Å²) in [6, 6.07) is 2.84. The number of benzene rings is 1. The second kappa shape index (κ2) is 3.76. The number of methoxy groups -OCH3 is 1. The van der Waals surface area contributed by atoms with Crippen molar-refractivity contribution < 1.29 is 18.3 Å². The third-order valence-corrected chi connectivity index (χ3v) is 4.69. The van der Waals surface area contributed by atoms with Gasteiger partial charge in [-0.15, -0.1) is 0 Å². The molecular formula is C14H15F2NO2. The van der Waals surface area contributed by atoms with E-state index in [4.69, 9.17) is 5.73 Å². The molecule has 3 fully saturated rings. The number of hydrogen-bond donors (Lipinski definition) is 1. The van der Waals surface area contributed by atoms with Gasteiger partial charge in [0.2, 0.25) is 0 Å². The second-order valence-electron chi connectivity index (χ2n) is 5.80. The molecule has 0 aliphatic heterocycles. The van der Waals surface area contributed by atoms with Crippen LogP contribution in [0, 0.1) is 17.0 Å². The lowest BCUT2D eigenvalue weighted by molar-refractivity contribution is -0.181. The van der Waals surface area contributed by atoms with E-state index in [2.05, 4.69) is 4.74 Å². The van der Waals surface area contributed by atoms with Crippen molar-refractivity contribution in [3.63, 3.8) is 0 Å². The topological polar surface area (TPSA) is 52.3 Å². The van der Waals surface area contributed by atoms with Gasteiger partial charge in [-0.05, 0) is 48.4 Å². The van der Waals surface area contributed by atoms with Crippen molar-refractivity contribution >= 4 is 5.97 Å². The first kappa shape index (κ1) is 12.5. The molecule has 2 N–H and O–H groups in total. The van der Waals surface area contributed by atoms with Crippen LogP contribution in [0.15, 0.2) is 18.2 Å². The lowest BCUT2D eigenvalue weighted by Crippen LogP contribution is -2.72. The van der Waals surface area contributed by atoms with Gasteiger partial charge in [0.05, 0.1) is 7.11 Å². The summed E-state index contributed by atoms with van der Waals surface area (Å²) in [6.45, 7) is 0. The van der Waals surface area contributed by atoms with E-state index >= 15 is 0 Å². The molecule has 0 amide bonds. The summed E-state index contributed by atoms with van der Waals surface area (Å²) in [4.78, 5) is 11.5. The number of hydrogen-bond acceptors (Lipinski definition) is 3. The van der Waals surface area contributed by atoms with Crippen LogP contribution in [0.5, 0.6) is 0 Å². The van der Waals surface area contributed by atoms with Crippen LogP contribution in [0.3, 0.4) is 0 Å². The first-order valence-electron chi connectivity index (χ1n) is 6.21. The summed E-state index contributed by atoms with van der Waals surface area (Å²) in [7, 11) is 1.30. The molecule has 102 valence electrons. The van der Waals surface area contributed by atoms with Gasteiger partial charge in [0, 0.05) is 5.41 Å². The third kappa shape index (κ3) is 1.54. The van der Waals surface area contributed by atoms with E-state index in [1.807, 2.05) is 0 Å². The van der Waals surface area contributed by atoms with Gasteiger partial charge in [-0.25, -0.2) is 8.78 Å². The standard InChI is InChI=1S/C14H15F2NO2/c1-19-12(18)11(17)14-5-13(6-14,7-14)9-4-8(15)2-3-10(9)16/h2-4,11H,5-7,17H2,1H3. The molecule has 1 aromatic carbocycles. The monoisotopic (exact) mass is 267 g/mol. The molecule has 5 heteroatoms. The fraction of sp³-hybridized carbons (Fsp3) is 0.500. The minimum absolute atomic E-state index is 0.286. The molecule has 3 aliphatic rings. The highest BCUT2D eigenvalue weighted by Gasteiger charge is 2.72. The van der Waals surface area contributed by atoms with Crippen LogP contribution >= 0.6 is 0 Å². The Balaban J connectivity index is 1.80. The summed E-state index contributed by atoms with van der Waals surface area (Å²) in [5.41, 5.74) is 5.66. The highest BCUT2D eigenvalue weighted by molar-refractivity contribution is 5.77. The van der Waals surface area contributed by atoms with Crippen molar-refractivity contribution in [1.82, 2.24) is 0 Å². The maximum absolute atomic E-state index is 13.8. The van der Waals surface area contributed by atoms with Gasteiger partial charge in [0.25, 0.3) is 0 Å². The molecule has 1 unspecified atom stereocenters. The van der Waals surface area contributed by atoms with Crippen molar-refractivity contribution in [2.45, 2.75) is 30.7 Å². The zero-order valence-electron chi connectivity index (χ0n) is 10.6. The summed E-state index contributed by atoms with van der Waals surface area (Å²) in [5, 5.41) is 0. The SMILES string of the molecule is COC(=O)C(N)C12CC(c3cc(F)ccc3F)(C1)C2. The summed E-state index contributed by atoms with van der Waals surface area (Å²) in [5.74, 6) is -1.26. The Labute approximate surface area is 109 Å². The Morgan fingerprint density at radius 1 is 1.37 bits per heavy atom. The number of halogens is 2. The minimum atomic E-state index is -0.670. The maximum Gasteiger partial charge on any atom is 0.323 e. The summed E-state index contributed by atoms with van der Waals surface area (Å²) >= 11 is 0. The second-order valence-corrected chi connectivity index (χ2v) is 5.80. The lowest BCUT2D eigenvalue weighted by atomic mass is 9.31. The lowest BCUT2D eigenvalue weighted by Gasteiger charge is -2.72. The average Bonchev–Trinajstić information content (AvgIpc) is 2.29. The first-order chi connectivity index (χ1) is 8.92.